The number of para-hydroxylation sites is 1. The molecule has 0 bridgehead atoms. The fourth-order valence-corrected chi connectivity index (χ4v) is 2.33. The Balaban J connectivity index is 1.65. The first kappa shape index (κ1) is 14.5. The zero-order valence-corrected chi connectivity index (χ0v) is 12.8. The Labute approximate surface area is 133 Å². The zero-order chi connectivity index (χ0) is 15.4. The first-order valence-electron chi connectivity index (χ1n) is 6.75. The van der Waals surface area contributed by atoms with Gasteiger partial charge in [0, 0.05) is 17.2 Å². The topological polar surface area (TPSA) is 52.1 Å². The molecule has 5 nitrogen and oxygen atoms in total. The minimum absolute atomic E-state index is 0.221. The predicted molar refractivity (Wildman–Crippen MR) is 85.0 cm³/mol. The summed E-state index contributed by atoms with van der Waals surface area (Å²) in [4.78, 5) is 0. The summed E-state index contributed by atoms with van der Waals surface area (Å²) in [6, 6.07) is 11.3. The largest absolute Gasteiger partial charge is 0.496 e. The van der Waals surface area contributed by atoms with Crippen LogP contribution in [0.1, 0.15) is 11.1 Å². The van der Waals surface area contributed by atoms with E-state index in [4.69, 9.17) is 25.8 Å². The molecule has 0 saturated carbocycles. The quantitative estimate of drug-likeness (QED) is 0.679. The van der Waals surface area contributed by atoms with Crippen molar-refractivity contribution >= 4 is 17.8 Å². The molecule has 6 heteroatoms. The normalized spacial score (nSPS) is 12.6. The number of hydrogen-bond donors (Lipinski definition) is 1. The molecule has 2 aromatic carbocycles. The molecule has 1 heterocycles. The fraction of sp³-hybridized carbons (Fsp3) is 0.188. The summed E-state index contributed by atoms with van der Waals surface area (Å²) >= 11 is 6.18. The lowest BCUT2D eigenvalue weighted by Crippen LogP contribution is -2.07. The average molecular weight is 319 g/mol. The molecule has 114 valence electrons. The van der Waals surface area contributed by atoms with Crippen molar-refractivity contribution in [1.29, 1.82) is 0 Å². The molecular formula is C16H15ClN2O3. The van der Waals surface area contributed by atoms with Crippen molar-refractivity contribution in [2.45, 2.75) is 6.54 Å². The van der Waals surface area contributed by atoms with Gasteiger partial charge >= 0.3 is 0 Å². The number of nitrogens with one attached hydrogen (secondary N) is 1. The summed E-state index contributed by atoms with van der Waals surface area (Å²) in [5, 5.41) is 4.75. The van der Waals surface area contributed by atoms with E-state index in [1.54, 1.807) is 25.5 Å². The maximum absolute atomic E-state index is 6.18. The van der Waals surface area contributed by atoms with Gasteiger partial charge in [0.2, 0.25) is 6.79 Å². The van der Waals surface area contributed by atoms with Crippen LogP contribution in [0.25, 0.3) is 0 Å². The van der Waals surface area contributed by atoms with Crippen LogP contribution in [0, 0.1) is 0 Å². The second kappa shape index (κ2) is 6.58. The maximum Gasteiger partial charge on any atom is 0.231 e. The molecule has 0 fully saturated rings. The highest BCUT2D eigenvalue weighted by Crippen LogP contribution is 2.36. The van der Waals surface area contributed by atoms with Crippen LogP contribution in [0.2, 0.25) is 5.02 Å². The van der Waals surface area contributed by atoms with Crippen LogP contribution in [-0.2, 0) is 6.54 Å². The van der Waals surface area contributed by atoms with Crippen molar-refractivity contribution in [2.75, 3.05) is 13.9 Å². The summed E-state index contributed by atoms with van der Waals surface area (Å²) < 4.78 is 15.9. The van der Waals surface area contributed by atoms with Crippen molar-refractivity contribution in [3.05, 3.63) is 52.5 Å². The van der Waals surface area contributed by atoms with Crippen LogP contribution in [0.3, 0.4) is 0 Å². The Bertz CT molecular complexity index is 704. The van der Waals surface area contributed by atoms with E-state index in [9.17, 15) is 0 Å². The average Bonchev–Trinajstić information content (AvgIpc) is 2.99. The number of halogens is 1. The summed E-state index contributed by atoms with van der Waals surface area (Å²) in [7, 11) is 1.65. The first-order valence-corrected chi connectivity index (χ1v) is 7.12. The van der Waals surface area contributed by atoms with Gasteiger partial charge in [-0.3, -0.25) is 0 Å². The third kappa shape index (κ3) is 3.09. The standard InChI is InChI=1S/C16H15ClN2O3/c1-20-14-5-3-2-4-11(14)8-18-19-9-12-6-15-16(7-13(12)17)22-10-21-15/h2-7,9,18H,8,10H2,1H3/b19-9+. The Morgan fingerprint density at radius 3 is 2.86 bits per heavy atom. The highest BCUT2D eigenvalue weighted by molar-refractivity contribution is 6.33. The highest BCUT2D eigenvalue weighted by atomic mass is 35.5. The Kier molecular flexibility index (Phi) is 4.34. The first-order chi connectivity index (χ1) is 10.8. The second-order valence-corrected chi connectivity index (χ2v) is 5.04. The molecule has 0 amide bonds. The third-order valence-electron chi connectivity index (χ3n) is 3.25. The van der Waals surface area contributed by atoms with E-state index in [0.717, 1.165) is 16.9 Å². The summed E-state index contributed by atoms with van der Waals surface area (Å²) in [5.41, 5.74) is 4.77. The molecular weight excluding hydrogens is 304 g/mol. The Morgan fingerprint density at radius 2 is 2.05 bits per heavy atom. The lowest BCUT2D eigenvalue weighted by molar-refractivity contribution is 0.174. The van der Waals surface area contributed by atoms with E-state index in [2.05, 4.69) is 10.5 Å². The summed E-state index contributed by atoms with van der Waals surface area (Å²) in [6.45, 7) is 0.779. The molecule has 22 heavy (non-hydrogen) atoms. The molecule has 2 aromatic rings. The number of benzene rings is 2. The number of ether oxygens (including phenoxy) is 3. The van der Waals surface area contributed by atoms with Crippen LogP contribution >= 0.6 is 11.6 Å². The molecule has 1 N–H and O–H groups in total. The maximum atomic E-state index is 6.18. The van der Waals surface area contributed by atoms with E-state index < -0.39 is 0 Å². The predicted octanol–water partition coefficient (Wildman–Crippen LogP) is 3.20. The molecule has 0 radical (unpaired) electrons. The van der Waals surface area contributed by atoms with Crippen LogP contribution in [0.4, 0.5) is 0 Å². The minimum Gasteiger partial charge on any atom is -0.496 e. The van der Waals surface area contributed by atoms with Crippen molar-refractivity contribution in [1.82, 2.24) is 5.43 Å². The van der Waals surface area contributed by atoms with Gasteiger partial charge in [-0.25, -0.2) is 0 Å². The molecule has 1 aliphatic rings. The van der Waals surface area contributed by atoms with Gasteiger partial charge in [-0.1, -0.05) is 29.8 Å². The number of rotatable bonds is 5. The van der Waals surface area contributed by atoms with E-state index in [0.29, 0.717) is 23.1 Å². The van der Waals surface area contributed by atoms with Crippen LogP contribution in [0.15, 0.2) is 41.5 Å². The number of methoxy groups -OCH3 is 1. The van der Waals surface area contributed by atoms with Crippen LogP contribution < -0.4 is 19.6 Å². The number of hydrogen-bond acceptors (Lipinski definition) is 5. The van der Waals surface area contributed by atoms with E-state index >= 15 is 0 Å². The minimum atomic E-state index is 0.221. The van der Waals surface area contributed by atoms with Crippen molar-refractivity contribution < 1.29 is 14.2 Å². The lowest BCUT2D eigenvalue weighted by atomic mass is 10.2. The van der Waals surface area contributed by atoms with Crippen molar-refractivity contribution in [3.8, 4) is 17.2 Å². The molecule has 0 atom stereocenters. The smallest absolute Gasteiger partial charge is 0.231 e. The lowest BCUT2D eigenvalue weighted by Gasteiger charge is -2.07. The van der Waals surface area contributed by atoms with Gasteiger partial charge in [0.1, 0.15) is 5.75 Å². The van der Waals surface area contributed by atoms with Gasteiger partial charge in [0.05, 0.1) is 24.9 Å². The molecule has 0 aromatic heterocycles. The Morgan fingerprint density at radius 1 is 1.27 bits per heavy atom. The molecule has 0 aliphatic carbocycles. The van der Waals surface area contributed by atoms with Gasteiger partial charge in [0.15, 0.2) is 11.5 Å². The molecule has 0 unspecified atom stereocenters. The van der Waals surface area contributed by atoms with E-state index in [1.807, 2.05) is 24.3 Å². The monoisotopic (exact) mass is 318 g/mol. The van der Waals surface area contributed by atoms with Crippen LogP contribution in [-0.4, -0.2) is 20.1 Å². The van der Waals surface area contributed by atoms with Gasteiger partial charge in [-0.15, -0.1) is 0 Å². The van der Waals surface area contributed by atoms with E-state index in [-0.39, 0.29) is 6.79 Å². The van der Waals surface area contributed by atoms with Crippen LogP contribution in [0.5, 0.6) is 17.2 Å². The molecule has 0 saturated heterocycles. The van der Waals surface area contributed by atoms with Crippen molar-refractivity contribution in [3.63, 3.8) is 0 Å². The van der Waals surface area contributed by atoms with Gasteiger partial charge in [-0.05, 0) is 12.1 Å². The third-order valence-corrected chi connectivity index (χ3v) is 3.58. The second-order valence-electron chi connectivity index (χ2n) is 4.63. The molecule has 3 rings (SSSR count). The van der Waals surface area contributed by atoms with Gasteiger partial charge in [-0.2, -0.15) is 5.10 Å². The zero-order valence-electron chi connectivity index (χ0n) is 12.0. The van der Waals surface area contributed by atoms with Gasteiger partial charge in [0.25, 0.3) is 0 Å². The number of hydrazone groups is 1. The summed E-state index contributed by atoms with van der Waals surface area (Å²) in [6.07, 6.45) is 1.65. The fourth-order valence-electron chi connectivity index (χ4n) is 2.13. The Hall–Kier alpha value is -2.40. The van der Waals surface area contributed by atoms with Gasteiger partial charge < -0.3 is 19.6 Å². The summed E-state index contributed by atoms with van der Waals surface area (Å²) in [5.74, 6) is 2.16. The van der Waals surface area contributed by atoms with E-state index in [1.165, 1.54) is 0 Å². The number of fused-ring (bicyclic) bond motifs is 1. The van der Waals surface area contributed by atoms with Crippen molar-refractivity contribution in [2.24, 2.45) is 5.10 Å². The SMILES string of the molecule is COc1ccccc1CN/N=C/c1cc2c(cc1Cl)OCO2. The highest BCUT2D eigenvalue weighted by Gasteiger charge is 2.15. The molecule has 1 aliphatic heterocycles. The number of nitrogens with zero attached hydrogens (tertiary/aromatic N) is 1. The molecule has 0 spiro atoms.